The van der Waals surface area contributed by atoms with Crippen LogP contribution in [0, 0.1) is 0 Å². The number of carboxylic acids is 1. The fourth-order valence-corrected chi connectivity index (χ4v) is 2.26. The average Bonchev–Trinajstić information content (AvgIpc) is 2.98. The van der Waals surface area contributed by atoms with Crippen molar-refractivity contribution in [3.05, 3.63) is 35.7 Å². The molecule has 6 nitrogen and oxygen atoms in total. The quantitative estimate of drug-likeness (QED) is 0.561. The summed E-state index contributed by atoms with van der Waals surface area (Å²) < 4.78 is 11.0. The minimum Gasteiger partial charge on any atom is -0.494 e. The SMILES string of the molecule is CCc1ccc(OCCCc2nnc(SCC(=O)O)o2)cc1. The fraction of sp³-hybridized carbons (Fsp3) is 0.400. The summed E-state index contributed by atoms with van der Waals surface area (Å²) in [5.74, 6) is 0.351. The molecule has 1 N–H and O–H groups in total. The number of carboxylic acid groups (broad SMARTS) is 1. The first-order chi connectivity index (χ1) is 10.7. The molecular formula is C15H18N2O4S. The molecule has 0 aliphatic rings. The van der Waals surface area contributed by atoms with E-state index in [0.717, 1.165) is 30.4 Å². The molecule has 0 saturated carbocycles. The minimum atomic E-state index is -0.910. The molecule has 0 fully saturated rings. The van der Waals surface area contributed by atoms with E-state index in [1.807, 2.05) is 12.1 Å². The van der Waals surface area contributed by atoms with E-state index < -0.39 is 5.97 Å². The number of benzene rings is 1. The molecule has 0 aliphatic heterocycles. The molecule has 1 aromatic carbocycles. The Bertz CT molecular complexity index is 598. The standard InChI is InChI=1S/C15H18N2O4S/c1-2-11-5-7-12(8-6-11)20-9-3-4-13-16-17-15(21-13)22-10-14(18)19/h5-8H,2-4,9-10H2,1H3,(H,18,19). The molecule has 0 aliphatic carbocycles. The summed E-state index contributed by atoms with van der Waals surface area (Å²) in [4.78, 5) is 10.4. The Balaban J connectivity index is 1.68. The molecule has 0 atom stereocenters. The third-order valence-electron chi connectivity index (χ3n) is 2.90. The van der Waals surface area contributed by atoms with Gasteiger partial charge in [0.25, 0.3) is 5.22 Å². The van der Waals surface area contributed by atoms with E-state index in [1.165, 1.54) is 5.56 Å². The number of nitrogens with zero attached hydrogens (tertiary/aromatic N) is 2. The van der Waals surface area contributed by atoms with E-state index in [0.29, 0.717) is 18.9 Å². The van der Waals surface area contributed by atoms with Gasteiger partial charge in [0, 0.05) is 6.42 Å². The summed E-state index contributed by atoms with van der Waals surface area (Å²) >= 11 is 1.02. The summed E-state index contributed by atoms with van der Waals surface area (Å²) in [5, 5.41) is 16.5. The molecule has 1 heterocycles. The van der Waals surface area contributed by atoms with Gasteiger partial charge >= 0.3 is 5.97 Å². The van der Waals surface area contributed by atoms with Gasteiger partial charge in [-0.25, -0.2) is 0 Å². The molecule has 118 valence electrons. The maximum Gasteiger partial charge on any atom is 0.314 e. The maximum atomic E-state index is 10.4. The third kappa shape index (κ3) is 5.40. The first kappa shape index (κ1) is 16.4. The Labute approximate surface area is 132 Å². The van der Waals surface area contributed by atoms with E-state index in [4.69, 9.17) is 14.3 Å². The zero-order chi connectivity index (χ0) is 15.8. The Morgan fingerprint density at radius 1 is 1.32 bits per heavy atom. The van der Waals surface area contributed by atoms with E-state index in [9.17, 15) is 4.79 Å². The highest BCUT2D eigenvalue weighted by molar-refractivity contribution is 7.99. The maximum absolute atomic E-state index is 10.4. The second kappa shape index (κ2) is 8.43. The Morgan fingerprint density at radius 2 is 2.09 bits per heavy atom. The molecule has 0 unspecified atom stereocenters. The molecule has 0 amide bonds. The Morgan fingerprint density at radius 3 is 2.77 bits per heavy atom. The van der Waals surface area contributed by atoms with Crippen molar-refractivity contribution < 1.29 is 19.1 Å². The molecule has 2 rings (SSSR count). The summed E-state index contributed by atoms with van der Waals surface area (Å²) in [7, 11) is 0. The molecule has 0 radical (unpaired) electrons. The zero-order valence-corrected chi connectivity index (χ0v) is 13.1. The van der Waals surface area contributed by atoms with Gasteiger partial charge in [-0.3, -0.25) is 4.79 Å². The number of thioether (sulfide) groups is 1. The van der Waals surface area contributed by atoms with Crippen molar-refractivity contribution in [3.63, 3.8) is 0 Å². The second-order valence-corrected chi connectivity index (χ2v) is 5.52. The van der Waals surface area contributed by atoms with Gasteiger partial charge < -0.3 is 14.3 Å². The summed E-state index contributed by atoms with van der Waals surface area (Å²) in [6.07, 6.45) is 2.37. The number of aliphatic carboxylic acids is 1. The van der Waals surface area contributed by atoms with E-state index in [1.54, 1.807) is 0 Å². The van der Waals surface area contributed by atoms with Crippen molar-refractivity contribution in [2.45, 2.75) is 31.4 Å². The lowest BCUT2D eigenvalue weighted by Crippen LogP contribution is -1.99. The Kier molecular flexibility index (Phi) is 6.27. The molecule has 0 saturated heterocycles. The largest absolute Gasteiger partial charge is 0.494 e. The van der Waals surface area contributed by atoms with Crippen molar-refractivity contribution in [1.82, 2.24) is 10.2 Å². The van der Waals surface area contributed by atoms with Gasteiger partial charge in [-0.15, -0.1) is 10.2 Å². The summed E-state index contributed by atoms with van der Waals surface area (Å²) in [6.45, 7) is 2.68. The predicted octanol–water partition coefficient (Wildman–Crippen LogP) is 2.82. The highest BCUT2D eigenvalue weighted by Gasteiger charge is 2.08. The van der Waals surface area contributed by atoms with Crippen LogP contribution in [0.4, 0.5) is 0 Å². The normalized spacial score (nSPS) is 10.6. The zero-order valence-electron chi connectivity index (χ0n) is 12.3. The van der Waals surface area contributed by atoms with Crippen LogP contribution in [0.5, 0.6) is 5.75 Å². The van der Waals surface area contributed by atoms with Crippen LogP contribution in [0.3, 0.4) is 0 Å². The van der Waals surface area contributed by atoms with Gasteiger partial charge in [-0.05, 0) is 30.5 Å². The molecule has 22 heavy (non-hydrogen) atoms. The summed E-state index contributed by atoms with van der Waals surface area (Å²) in [5.41, 5.74) is 1.28. The van der Waals surface area contributed by atoms with Gasteiger partial charge in [-0.2, -0.15) is 0 Å². The first-order valence-corrected chi connectivity index (χ1v) is 8.04. The number of aryl methyl sites for hydroxylation is 2. The van der Waals surface area contributed by atoms with E-state index in [-0.39, 0.29) is 11.0 Å². The van der Waals surface area contributed by atoms with Gasteiger partial charge in [0.1, 0.15) is 11.5 Å². The van der Waals surface area contributed by atoms with Crippen LogP contribution in [-0.2, 0) is 17.6 Å². The lowest BCUT2D eigenvalue weighted by atomic mass is 10.2. The lowest BCUT2D eigenvalue weighted by molar-refractivity contribution is -0.133. The highest BCUT2D eigenvalue weighted by Crippen LogP contribution is 2.17. The summed E-state index contributed by atoms with van der Waals surface area (Å²) in [6, 6.07) is 8.04. The first-order valence-electron chi connectivity index (χ1n) is 7.06. The van der Waals surface area contributed by atoms with Crippen LogP contribution in [0.15, 0.2) is 33.9 Å². The van der Waals surface area contributed by atoms with Crippen LogP contribution in [0.25, 0.3) is 0 Å². The molecule has 0 spiro atoms. The topological polar surface area (TPSA) is 85.5 Å². The molecular weight excluding hydrogens is 304 g/mol. The van der Waals surface area contributed by atoms with Crippen LogP contribution in [-0.4, -0.2) is 33.6 Å². The minimum absolute atomic E-state index is 0.0848. The Hall–Kier alpha value is -2.02. The molecule has 2 aromatic rings. The highest BCUT2D eigenvalue weighted by atomic mass is 32.2. The van der Waals surface area contributed by atoms with Crippen LogP contribution >= 0.6 is 11.8 Å². The number of hydrogen-bond acceptors (Lipinski definition) is 6. The van der Waals surface area contributed by atoms with E-state index >= 15 is 0 Å². The van der Waals surface area contributed by atoms with Crippen LogP contribution < -0.4 is 4.74 Å². The van der Waals surface area contributed by atoms with E-state index in [2.05, 4.69) is 29.3 Å². The average molecular weight is 322 g/mol. The van der Waals surface area contributed by atoms with Gasteiger partial charge in [0.05, 0.1) is 6.61 Å². The third-order valence-corrected chi connectivity index (χ3v) is 3.71. The van der Waals surface area contributed by atoms with Crippen molar-refractivity contribution in [2.24, 2.45) is 0 Å². The number of carbonyl (C=O) groups is 1. The van der Waals surface area contributed by atoms with Crippen molar-refractivity contribution in [2.75, 3.05) is 12.4 Å². The molecule has 1 aromatic heterocycles. The smallest absolute Gasteiger partial charge is 0.314 e. The number of aromatic nitrogens is 2. The number of rotatable bonds is 9. The van der Waals surface area contributed by atoms with Crippen LogP contribution in [0.1, 0.15) is 24.8 Å². The van der Waals surface area contributed by atoms with Crippen molar-refractivity contribution in [1.29, 1.82) is 0 Å². The van der Waals surface area contributed by atoms with Crippen LogP contribution in [0.2, 0.25) is 0 Å². The number of ether oxygens (including phenoxy) is 1. The van der Waals surface area contributed by atoms with Gasteiger partial charge in [-0.1, -0.05) is 30.8 Å². The predicted molar refractivity (Wildman–Crippen MR) is 82.3 cm³/mol. The molecule has 7 heteroatoms. The van der Waals surface area contributed by atoms with Gasteiger partial charge in [0.2, 0.25) is 5.89 Å². The molecule has 0 bridgehead atoms. The lowest BCUT2D eigenvalue weighted by Gasteiger charge is -2.05. The monoisotopic (exact) mass is 322 g/mol. The fourth-order valence-electron chi connectivity index (χ4n) is 1.76. The second-order valence-electron chi connectivity index (χ2n) is 4.59. The van der Waals surface area contributed by atoms with Crippen molar-refractivity contribution >= 4 is 17.7 Å². The number of hydrogen-bond donors (Lipinski definition) is 1. The van der Waals surface area contributed by atoms with Crippen molar-refractivity contribution in [3.8, 4) is 5.75 Å². The van der Waals surface area contributed by atoms with Gasteiger partial charge in [0.15, 0.2) is 0 Å².